The molecule has 6 heteroatoms. The van der Waals surface area contributed by atoms with Gasteiger partial charge in [-0.15, -0.1) is 0 Å². The lowest BCUT2D eigenvalue weighted by atomic mass is 10.6. The summed E-state index contributed by atoms with van der Waals surface area (Å²) in [5.74, 6) is -0.956. The van der Waals surface area contributed by atoms with Gasteiger partial charge in [0, 0.05) is 14.1 Å². The van der Waals surface area contributed by atoms with E-state index < -0.39 is 5.97 Å². The van der Waals surface area contributed by atoms with Crippen molar-refractivity contribution >= 4 is 12.3 Å². The summed E-state index contributed by atoms with van der Waals surface area (Å²) in [6.07, 6.45) is 0.701. The minimum atomic E-state index is -0.956. The lowest BCUT2D eigenvalue weighted by Gasteiger charge is -2.27. The maximum atomic E-state index is 10.3. The van der Waals surface area contributed by atoms with Crippen LogP contribution < -0.4 is 5.43 Å². The van der Waals surface area contributed by atoms with Crippen LogP contribution in [0, 0.1) is 0 Å². The van der Waals surface area contributed by atoms with E-state index in [2.05, 4.69) is 5.43 Å². The third kappa shape index (κ3) is 4.02. The van der Waals surface area contributed by atoms with Gasteiger partial charge >= 0.3 is 5.97 Å². The molecule has 0 aromatic carbocycles. The maximum absolute atomic E-state index is 10.3. The quantitative estimate of drug-likeness (QED) is 0.380. The highest BCUT2D eigenvalue weighted by Crippen LogP contribution is 1.86. The Morgan fingerprint density at radius 1 is 1.67 bits per heavy atom. The molecule has 0 atom stereocenters. The summed E-state index contributed by atoms with van der Waals surface area (Å²) in [5.41, 5.74) is 2.64. The Labute approximate surface area is 70.7 Å². The molecular weight excluding hydrogens is 162 g/mol. The number of aliphatic carboxylic acids is 1. The molecule has 0 aliphatic heterocycles. The molecule has 0 fully saturated rings. The molecule has 12 heavy (non-hydrogen) atoms. The SMILES string of the molecule is CNN(CC(=O)O)N(C)CC=O. The molecule has 0 saturated heterocycles. The molecule has 0 bridgehead atoms. The highest BCUT2D eigenvalue weighted by atomic mass is 16.4. The van der Waals surface area contributed by atoms with Crippen LogP contribution in [0.1, 0.15) is 0 Å². The number of carbonyl (C=O) groups excluding carboxylic acids is 1. The van der Waals surface area contributed by atoms with E-state index in [0.717, 1.165) is 0 Å². The second-order valence-corrected chi connectivity index (χ2v) is 2.18. The Kier molecular flexibility index (Phi) is 5.18. The van der Waals surface area contributed by atoms with Gasteiger partial charge in [-0.3, -0.25) is 4.79 Å². The Balaban J connectivity index is 3.94. The van der Waals surface area contributed by atoms with Crippen LogP contribution in [0.4, 0.5) is 0 Å². The lowest BCUT2D eigenvalue weighted by molar-refractivity contribution is -0.147. The van der Waals surface area contributed by atoms with E-state index >= 15 is 0 Å². The second-order valence-electron chi connectivity index (χ2n) is 2.18. The fourth-order valence-corrected chi connectivity index (χ4v) is 0.705. The zero-order valence-corrected chi connectivity index (χ0v) is 7.15. The van der Waals surface area contributed by atoms with E-state index in [9.17, 15) is 9.59 Å². The van der Waals surface area contributed by atoms with Crippen molar-refractivity contribution in [2.75, 3.05) is 27.2 Å². The molecular formula is C6H13N3O3. The molecule has 0 unspecified atom stereocenters. The van der Waals surface area contributed by atoms with E-state index in [1.165, 1.54) is 10.1 Å². The molecule has 0 aliphatic carbocycles. The summed E-state index contributed by atoms with van der Waals surface area (Å²) in [4.78, 5) is 20.4. The van der Waals surface area contributed by atoms with Crippen LogP contribution in [0.15, 0.2) is 0 Å². The van der Waals surface area contributed by atoms with E-state index in [1.54, 1.807) is 14.1 Å². The third-order valence-corrected chi connectivity index (χ3v) is 1.29. The Bertz CT molecular complexity index is 162. The highest BCUT2D eigenvalue weighted by molar-refractivity contribution is 5.68. The zero-order valence-electron chi connectivity index (χ0n) is 7.15. The number of carbonyl (C=O) groups is 2. The first-order valence-electron chi connectivity index (χ1n) is 3.43. The van der Waals surface area contributed by atoms with E-state index in [0.29, 0.717) is 6.29 Å². The summed E-state index contributed by atoms with van der Waals surface area (Å²) in [6, 6.07) is 0. The number of carboxylic acids is 1. The normalized spacial score (nSPS) is 10.7. The Hall–Kier alpha value is -0.980. The van der Waals surface area contributed by atoms with Gasteiger partial charge in [0.15, 0.2) is 0 Å². The number of likely N-dealkylation sites (N-methyl/N-ethyl adjacent to an activating group) is 1. The fraction of sp³-hybridized carbons (Fsp3) is 0.667. The van der Waals surface area contributed by atoms with Crippen LogP contribution in [0.3, 0.4) is 0 Å². The first kappa shape index (κ1) is 11.0. The van der Waals surface area contributed by atoms with Crippen molar-refractivity contribution in [3.8, 4) is 0 Å². The number of nitrogens with zero attached hydrogens (tertiary/aromatic N) is 2. The molecule has 0 aromatic heterocycles. The summed E-state index contributed by atoms with van der Waals surface area (Å²) in [7, 11) is 3.21. The lowest BCUT2D eigenvalue weighted by Crippen LogP contribution is -2.50. The molecule has 70 valence electrons. The monoisotopic (exact) mass is 175 g/mol. The van der Waals surface area contributed by atoms with Gasteiger partial charge in [-0.25, -0.2) is 10.4 Å². The van der Waals surface area contributed by atoms with Gasteiger partial charge in [0.25, 0.3) is 0 Å². The van der Waals surface area contributed by atoms with Crippen molar-refractivity contribution in [3.05, 3.63) is 0 Å². The largest absolute Gasteiger partial charge is 0.480 e. The van der Waals surface area contributed by atoms with Crippen LogP contribution in [0.25, 0.3) is 0 Å². The van der Waals surface area contributed by atoms with Gasteiger partial charge < -0.3 is 9.90 Å². The van der Waals surface area contributed by atoms with Crippen molar-refractivity contribution in [2.45, 2.75) is 0 Å². The predicted octanol–water partition coefficient (Wildman–Crippen LogP) is -1.45. The van der Waals surface area contributed by atoms with Gasteiger partial charge in [0.1, 0.15) is 12.8 Å². The van der Waals surface area contributed by atoms with Crippen LogP contribution in [-0.4, -0.2) is 54.7 Å². The van der Waals surface area contributed by atoms with Crippen molar-refractivity contribution in [1.29, 1.82) is 0 Å². The van der Waals surface area contributed by atoms with E-state index in [4.69, 9.17) is 5.11 Å². The van der Waals surface area contributed by atoms with Crippen molar-refractivity contribution < 1.29 is 14.7 Å². The summed E-state index contributed by atoms with van der Waals surface area (Å²) in [5, 5.41) is 11.2. The average molecular weight is 175 g/mol. The van der Waals surface area contributed by atoms with Gasteiger partial charge in [0.2, 0.25) is 0 Å². The van der Waals surface area contributed by atoms with E-state index in [-0.39, 0.29) is 13.1 Å². The Morgan fingerprint density at radius 3 is 2.58 bits per heavy atom. The maximum Gasteiger partial charge on any atom is 0.320 e. The summed E-state index contributed by atoms with van der Waals surface area (Å²) >= 11 is 0. The van der Waals surface area contributed by atoms with Gasteiger partial charge in [0.05, 0.1) is 6.54 Å². The second kappa shape index (κ2) is 5.64. The van der Waals surface area contributed by atoms with Crippen molar-refractivity contribution in [1.82, 2.24) is 15.6 Å². The smallest absolute Gasteiger partial charge is 0.320 e. The van der Waals surface area contributed by atoms with Gasteiger partial charge in [-0.05, 0) is 0 Å². The molecule has 0 spiro atoms. The molecule has 2 N–H and O–H groups in total. The topological polar surface area (TPSA) is 72.9 Å². The minimum Gasteiger partial charge on any atom is -0.480 e. The molecule has 0 amide bonds. The molecule has 6 nitrogen and oxygen atoms in total. The number of aldehydes is 1. The minimum absolute atomic E-state index is 0.161. The number of hydrogen-bond donors (Lipinski definition) is 2. The van der Waals surface area contributed by atoms with Crippen LogP contribution in [-0.2, 0) is 9.59 Å². The average Bonchev–Trinajstić information content (AvgIpc) is 2.00. The standard InChI is InChI=1S/C6H13N3O3/c1-7-9(5-6(11)12)8(2)3-4-10/h4,7H,3,5H2,1-2H3,(H,11,12). The first-order valence-corrected chi connectivity index (χ1v) is 3.43. The summed E-state index contributed by atoms with van der Waals surface area (Å²) < 4.78 is 0. The predicted molar refractivity (Wildman–Crippen MR) is 42.1 cm³/mol. The highest BCUT2D eigenvalue weighted by Gasteiger charge is 2.11. The van der Waals surface area contributed by atoms with Crippen molar-refractivity contribution in [2.24, 2.45) is 0 Å². The zero-order chi connectivity index (χ0) is 9.56. The number of hydrogen-bond acceptors (Lipinski definition) is 5. The Morgan fingerprint density at radius 2 is 2.25 bits per heavy atom. The molecule has 0 saturated carbocycles. The van der Waals surface area contributed by atoms with E-state index in [1.807, 2.05) is 0 Å². The van der Waals surface area contributed by atoms with Gasteiger partial charge in [-0.1, -0.05) is 0 Å². The molecule has 0 heterocycles. The molecule has 0 radical (unpaired) electrons. The number of hydrazine groups is 2. The van der Waals surface area contributed by atoms with Crippen LogP contribution in [0.2, 0.25) is 0 Å². The molecule has 0 aliphatic rings. The number of carboxylic acid groups (broad SMARTS) is 1. The molecule has 0 aromatic rings. The van der Waals surface area contributed by atoms with Gasteiger partial charge in [-0.2, -0.15) is 5.12 Å². The van der Waals surface area contributed by atoms with Crippen LogP contribution >= 0.6 is 0 Å². The number of nitrogens with one attached hydrogen (secondary N) is 1. The first-order chi connectivity index (χ1) is 5.61. The van der Waals surface area contributed by atoms with Crippen molar-refractivity contribution in [3.63, 3.8) is 0 Å². The number of rotatable bonds is 6. The summed E-state index contributed by atoms with van der Waals surface area (Å²) in [6.45, 7) is -0.0189. The fourth-order valence-electron chi connectivity index (χ4n) is 0.705. The molecule has 0 rings (SSSR count). The van der Waals surface area contributed by atoms with Crippen LogP contribution in [0.5, 0.6) is 0 Å². The third-order valence-electron chi connectivity index (χ3n) is 1.29.